The number of carbonyl (C=O) groups excluding carboxylic acids is 2. The Kier molecular flexibility index (Phi) is 7.54. The maximum Gasteiger partial charge on any atom is 0.387 e. The molecule has 0 bridgehead atoms. The second kappa shape index (κ2) is 10.3. The first kappa shape index (κ1) is 23.4. The lowest BCUT2D eigenvalue weighted by molar-refractivity contribution is -0.136. The number of anilines is 1. The van der Waals surface area contributed by atoms with Gasteiger partial charge < -0.3 is 15.2 Å². The normalized spacial score (nSPS) is 14.8. The first-order valence-corrected chi connectivity index (χ1v) is 10.3. The third-order valence-electron chi connectivity index (χ3n) is 4.19. The lowest BCUT2D eigenvalue weighted by Crippen LogP contribution is -2.36. The molecular formula is C21H16F2N2O5S2. The number of alkyl halides is 2. The molecule has 1 aliphatic rings. The highest BCUT2D eigenvalue weighted by Crippen LogP contribution is 2.34. The molecular weight excluding hydrogens is 462 g/mol. The lowest BCUT2D eigenvalue weighted by Gasteiger charge is -2.14. The van der Waals surface area contributed by atoms with Crippen molar-refractivity contribution in [3.8, 4) is 5.75 Å². The summed E-state index contributed by atoms with van der Waals surface area (Å²) in [7, 11) is 0. The monoisotopic (exact) mass is 478 g/mol. The smallest absolute Gasteiger partial charge is 0.387 e. The molecule has 0 radical (unpaired) electrons. The van der Waals surface area contributed by atoms with Crippen molar-refractivity contribution in [2.75, 3.05) is 11.9 Å². The second-order valence-corrected chi connectivity index (χ2v) is 8.18. The van der Waals surface area contributed by atoms with Crippen molar-refractivity contribution in [2.45, 2.75) is 13.0 Å². The van der Waals surface area contributed by atoms with E-state index < -0.39 is 24.4 Å². The van der Waals surface area contributed by atoms with Gasteiger partial charge in [-0.2, -0.15) is 8.78 Å². The van der Waals surface area contributed by atoms with Crippen LogP contribution in [0.4, 0.5) is 14.5 Å². The summed E-state index contributed by atoms with van der Waals surface area (Å²) in [5.74, 6) is -2.08. The summed E-state index contributed by atoms with van der Waals surface area (Å²) in [5.41, 5.74) is 1.29. The van der Waals surface area contributed by atoms with Gasteiger partial charge in [-0.25, -0.2) is 0 Å². The Morgan fingerprint density at radius 3 is 2.53 bits per heavy atom. The number of para-hydroxylation sites is 1. The van der Waals surface area contributed by atoms with Crippen LogP contribution in [-0.2, 0) is 20.8 Å². The molecule has 0 aromatic heterocycles. The number of halogens is 2. The van der Waals surface area contributed by atoms with E-state index in [0.29, 0.717) is 11.3 Å². The number of carboxylic acids is 1. The van der Waals surface area contributed by atoms with Crippen molar-refractivity contribution >= 4 is 57.8 Å². The molecule has 166 valence electrons. The number of hydrogen-bond donors (Lipinski definition) is 2. The van der Waals surface area contributed by atoms with Crippen molar-refractivity contribution < 1.29 is 33.0 Å². The van der Waals surface area contributed by atoms with Crippen LogP contribution in [0.1, 0.15) is 11.1 Å². The summed E-state index contributed by atoms with van der Waals surface area (Å²) in [6.07, 6.45) is 1.25. The van der Waals surface area contributed by atoms with Gasteiger partial charge in [0.15, 0.2) is 0 Å². The van der Waals surface area contributed by atoms with E-state index in [0.717, 1.165) is 16.7 Å². The first-order valence-electron chi connectivity index (χ1n) is 9.12. The number of nitrogens with zero attached hydrogens (tertiary/aromatic N) is 1. The van der Waals surface area contributed by atoms with Crippen LogP contribution in [0.25, 0.3) is 6.08 Å². The molecule has 1 aliphatic heterocycles. The minimum atomic E-state index is -3.01. The third kappa shape index (κ3) is 6.11. The largest absolute Gasteiger partial charge is 0.481 e. The van der Waals surface area contributed by atoms with E-state index in [1.54, 1.807) is 30.3 Å². The molecule has 2 aromatic carbocycles. The van der Waals surface area contributed by atoms with E-state index >= 15 is 0 Å². The SMILES string of the molecule is O=C(O)Cc1ccc(NC(=O)CN2C(=O)/C(=C/c3ccccc3OC(F)F)SC2=S)cc1. The van der Waals surface area contributed by atoms with Gasteiger partial charge in [-0.05, 0) is 29.8 Å². The maximum atomic E-state index is 12.7. The molecule has 1 heterocycles. The van der Waals surface area contributed by atoms with E-state index in [1.165, 1.54) is 24.3 Å². The minimum Gasteiger partial charge on any atom is -0.481 e. The molecule has 3 rings (SSSR count). The Balaban J connectivity index is 1.67. The summed E-state index contributed by atoms with van der Waals surface area (Å²) >= 11 is 6.14. The van der Waals surface area contributed by atoms with Crippen LogP contribution in [0.15, 0.2) is 53.4 Å². The predicted molar refractivity (Wildman–Crippen MR) is 119 cm³/mol. The van der Waals surface area contributed by atoms with E-state index in [-0.39, 0.29) is 33.5 Å². The quantitative estimate of drug-likeness (QED) is 0.441. The van der Waals surface area contributed by atoms with Crippen LogP contribution in [-0.4, -0.2) is 45.3 Å². The van der Waals surface area contributed by atoms with Crippen LogP contribution in [0.2, 0.25) is 0 Å². The third-order valence-corrected chi connectivity index (χ3v) is 5.57. The number of ether oxygens (including phenoxy) is 1. The van der Waals surface area contributed by atoms with Crippen LogP contribution < -0.4 is 10.1 Å². The Hall–Kier alpha value is -3.31. The van der Waals surface area contributed by atoms with Gasteiger partial charge in [0, 0.05) is 11.3 Å². The van der Waals surface area contributed by atoms with Crippen LogP contribution in [0.3, 0.4) is 0 Å². The lowest BCUT2D eigenvalue weighted by atomic mass is 10.1. The zero-order valence-corrected chi connectivity index (χ0v) is 17.9. The molecule has 32 heavy (non-hydrogen) atoms. The van der Waals surface area contributed by atoms with Crippen molar-refractivity contribution in [3.05, 3.63) is 64.6 Å². The number of aliphatic carboxylic acids is 1. The summed E-state index contributed by atoms with van der Waals surface area (Å²) < 4.78 is 29.8. The molecule has 2 aromatic rings. The van der Waals surface area contributed by atoms with Gasteiger partial charge in [0.1, 0.15) is 16.6 Å². The number of thioether (sulfide) groups is 1. The highest BCUT2D eigenvalue weighted by Gasteiger charge is 2.33. The van der Waals surface area contributed by atoms with Gasteiger partial charge in [0.05, 0.1) is 11.3 Å². The van der Waals surface area contributed by atoms with Crippen molar-refractivity contribution in [1.29, 1.82) is 0 Å². The Bertz CT molecular complexity index is 1090. The number of thiocarbonyl (C=S) groups is 1. The zero-order valence-electron chi connectivity index (χ0n) is 16.3. The average Bonchev–Trinajstić information content (AvgIpc) is 2.97. The summed E-state index contributed by atoms with van der Waals surface area (Å²) in [6, 6.07) is 12.3. The summed E-state index contributed by atoms with van der Waals surface area (Å²) in [4.78, 5) is 37.1. The van der Waals surface area contributed by atoms with Gasteiger partial charge in [0.2, 0.25) is 5.91 Å². The van der Waals surface area contributed by atoms with Crippen molar-refractivity contribution in [3.63, 3.8) is 0 Å². The fourth-order valence-electron chi connectivity index (χ4n) is 2.81. The highest BCUT2D eigenvalue weighted by atomic mass is 32.2. The predicted octanol–water partition coefficient (Wildman–Crippen LogP) is 3.76. The van der Waals surface area contributed by atoms with Crippen LogP contribution in [0, 0.1) is 0 Å². The number of amides is 2. The molecule has 0 spiro atoms. The Labute approximate surface area is 191 Å². The molecule has 1 saturated heterocycles. The second-order valence-electron chi connectivity index (χ2n) is 6.50. The molecule has 7 nitrogen and oxygen atoms in total. The van der Waals surface area contributed by atoms with E-state index in [2.05, 4.69) is 10.1 Å². The molecule has 0 atom stereocenters. The van der Waals surface area contributed by atoms with Gasteiger partial charge in [-0.15, -0.1) is 0 Å². The first-order chi connectivity index (χ1) is 15.2. The number of carboxylic acid groups (broad SMARTS) is 1. The molecule has 1 fully saturated rings. The van der Waals surface area contributed by atoms with E-state index in [4.69, 9.17) is 17.3 Å². The fraction of sp³-hybridized carbons (Fsp3) is 0.143. The van der Waals surface area contributed by atoms with Crippen molar-refractivity contribution in [2.24, 2.45) is 0 Å². The van der Waals surface area contributed by atoms with Gasteiger partial charge in [-0.3, -0.25) is 19.3 Å². The van der Waals surface area contributed by atoms with Gasteiger partial charge in [-0.1, -0.05) is 54.3 Å². The van der Waals surface area contributed by atoms with Gasteiger partial charge >= 0.3 is 12.6 Å². The van der Waals surface area contributed by atoms with E-state index in [1.807, 2.05) is 0 Å². The maximum absolute atomic E-state index is 12.7. The number of rotatable bonds is 8. The zero-order chi connectivity index (χ0) is 23.3. The standard InChI is InChI=1S/C21H16F2N2O5S2/c22-20(23)30-15-4-2-1-3-13(15)10-16-19(29)25(21(31)32-16)11-17(26)24-14-7-5-12(6-8-14)9-18(27)28/h1-8,10,20H,9,11H2,(H,24,26)(H,27,28)/b16-10-. The minimum absolute atomic E-state index is 0.0862. The number of nitrogens with one attached hydrogen (secondary N) is 1. The van der Waals surface area contributed by atoms with Gasteiger partial charge in [0.25, 0.3) is 5.91 Å². The summed E-state index contributed by atoms with van der Waals surface area (Å²) in [6.45, 7) is -3.35. The number of hydrogen-bond acceptors (Lipinski definition) is 6. The molecule has 2 amide bonds. The van der Waals surface area contributed by atoms with Crippen LogP contribution in [0.5, 0.6) is 5.75 Å². The molecule has 0 unspecified atom stereocenters. The topological polar surface area (TPSA) is 95.9 Å². The van der Waals surface area contributed by atoms with Crippen LogP contribution >= 0.6 is 24.0 Å². The molecule has 0 saturated carbocycles. The molecule has 0 aliphatic carbocycles. The van der Waals surface area contributed by atoms with Crippen molar-refractivity contribution in [1.82, 2.24) is 4.90 Å². The molecule has 2 N–H and O–H groups in total. The molecule has 11 heteroatoms. The van der Waals surface area contributed by atoms with E-state index in [9.17, 15) is 23.2 Å². The Morgan fingerprint density at radius 1 is 1.19 bits per heavy atom. The summed E-state index contributed by atoms with van der Waals surface area (Å²) in [5, 5.41) is 11.4. The average molecular weight is 478 g/mol. The fourth-order valence-corrected chi connectivity index (χ4v) is 4.05. The Morgan fingerprint density at radius 2 is 1.88 bits per heavy atom. The highest BCUT2D eigenvalue weighted by molar-refractivity contribution is 8.26. The number of benzene rings is 2. The number of carbonyl (C=O) groups is 3.